The van der Waals surface area contributed by atoms with Crippen molar-refractivity contribution in [1.82, 2.24) is 0 Å². The van der Waals surface area contributed by atoms with Crippen molar-refractivity contribution >= 4 is 28.9 Å². The van der Waals surface area contributed by atoms with Crippen molar-refractivity contribution in [2.75, 3.05) is 35.8 Å². The molecule has 0 spiro atoms. The molecule has 0 fully saturated rings. The summed E-state index contributed by atoms with van der Waals surface area (Å²) in [7, 11) is 1.73. The maximum absolute atomic E-state index is 11.4. The van der Waals surface area contributed by atoms with Crippen molar-refractivity contribution in [1.29, 1.82) is 0 Å². The van der Waals surface area contributed by atoms with Gasteiger partial charge < -0.3 is 9.80 Å². The number of hydrogen-bond donors (Lipinski definition) is 0. The predicted octanol–water partition coefficient (Wildman–Crippen LogP) is 2.73. The van der Waals surface area contributed by atoms with Gasteiger partial charge in [-0.1, -0.05) is 0 Å². The van der Waals surface area contributed by atoms with Gasteiger partial charge in [0, 0.05) is 31.5 Å². The Bertz CT molecular complexity index is 360. The van der Waals surface area contributed by atoms with Gasteiger partial charge in [0.05, 0.1) is 0 Å². The number of amides is 1. The minimum Gasteiger partial charge on any atom is -0.372 e. The summed E-state index contributed by atoms with van der Waals surface area (Å²) in [5.74, 6) is -0.0869. The molecule has 0 radical (unpaired) electrons. The zero-order valence-corrected chi connectivity index (χ0v) is 11.4. The highest BCUT2D eigenvalue weighted by molar-refractivity contribution is 6.29. The van der Waals surface area contributed by atoms with E-state index in [1.54, 1.807) is 11.9 Å². The van der Waals surface area contributed by atoms with E-state index in [9.17, 15) is 4.79 Å². The zero-order valence-electron chi connectivity index (χ0n) is 10.6. The second kappa shape index (κ2) is 6.50. The molecular formula is C13H19ClN2O. The first-order valence-electron chi connectivity index (χ1n) is 5.81. The summed E-state index contributed by atoms with van der Waals surface area (Å²) in [5, 5.41) is 0. The number of carbonyl (C=O) groups excluding carboxylic acids is 1. The van der Waals surface area contributed by atoms with Crippen LogP contribution in [0.25, 0.3) is 0 Å². The van der Waals surface area contributed by atoms with E-state index in [4.69, 9.17) is 11.6 Å². The summed E-state index contributed by atoms with van der Waals surface area (Å²) >= 11 is 5.52. The lowest BCUT2D eigenvalue weighted by molar-refractivity contribution is -0.116. The number of carbonyl (C=O) groups is 1. The second-order valence-corrected chi connectivity index (χ2v) is 4.04. The number of nitrogens with zero attached hydrogens (tertiary/aromatic N) is 2. The molecule has 0 N–H and O–H groups in total. The number of benzene rings is 1. The Morgan fingerprint density at radius 3 is 2.00 bits per heavy atom. The molecule has 0 aliphatic rings. The lowest BCUT2D eigenvalue weighted by Crippen LogP contribution is -2.27. The first kappa shape index (κ1) is 13.8. The van der Waals surface area contributed by atoms with Crippen LogP contribution in [-0.4, -0.2) is 31.9 Å². The Balaban J connectivity index is 2.84. The minimum absolute atomic E-state index is 0.00823. The molecule has 0 heterocycles. The fraction of sp³-hybridized carbons (Fsp3) is 0.462. The van der Waals surface area contributed by atoms with E-state index in [-0.39, 0.29) is 11.8 Å². The Labute approximate surface area is 108 Å². The Hall–Kier alpha value is -1.22. The summed E-state index contributed by atoms with van der Waals surface area (Å²) < 4.78 is 0. The summed E-state index contributed by atoms with van der Waals surface area (Å²) in [6.07, 6.45) is 0. The summed E-state index contributed by atoms with van der Waals surface area (Å²) in [4.78, 5) is 15.3. The maximum atomic E-state index is 11.4. The number of halogens is 1. The molecule has 1 aromatic carbocycles. The lowest BCUT2D eigenvalue weighted by Gasteiger charge is -2.22. The van der Waals surface area contributed by atoms with Crippen LogP contribution in [0, 0.1) is 0 Å². The third kappa shape index (κ3) is 3.37. The normalized spacial score (nSPS) is 10.1. The monoisotopic (exact) mass is 254 g/mol. The van der Waals surface area contributed by atoms with Gasteiger partial charge in [0.25, 0.3) is 0 Å². The highest BCUT2D eigenvalue weighted by Crippen LogP contribution is 2.20. The van der Waals surface area contributed by atoms with Gasteiger partial charge in [-0.15, -0.1) is 11.6 Å². The van der Waals surface area contributed by atoms with Gasteiger partial charge in [-0.3, -0.25) is 4.79 Å². The molecule has 0 bridgehead atoms. The molecule has 0 aliphatic heterocycles. The van der Waals surface area contributed by atoms with E-state index in [2.05, 4.69) is 18.7 Å². The van der Waals surface area contributed by atoms with Crippen LogP contribution >= 0.6 is 11.6 Å². The van der Waals surface area contributed by atoms with Crippen molar-refractivity contribution in [2.24, 2.45) is 0 Å². The van der Waals surface area contributed by atoms with Crippen LogP contribution in [0.3, 0.4) is 0 Å². The van der Waals surface area contributed by atoms with Gasteiger partial charge in [-0.25, -0.2) is 0 Å². The molecular weight excluding hydrogens is 236 g/mol. The highest BCUT2D eigenvalue weighted by atomic mass is 35.5. The molecule has 1 amide bonds. The zero-order chi connectivity index (χ0) is 12.8. The molecule has 0 aromatic heterocycles. The van der Waals surface area contributed by atoms with E-state index in [1.807, 2.05) is 24.3 Å². The summed E-state index contributed by atoms with van der Waals surface area (Å²) in [6, 6.07) is 7.94. The molecule has 0 unspecified atom stereocenters. The molecule has 0 aliphatic carbocycles. The molecule has 1 aromatic rings. The SMILES string of the molecule is CCN(CC)c1ccc(N(C)C(=O)CCl)cc1. The van der Waals surface area contributed by atoms with E-state index < -0.39 is 0 Å². The molecule has 4 heteroatoms. The van der Waals surface area contributed by atoms with E-state index in [0.29, 0.717) is 0 Å². The fourth-order valence-electron chi connectivity index (χ4n) is 1.71. The quantitative estimate of drug-likeness (QED) is 0.755. The fourth-order valence-corrected chi connectivity index (χ4v) is 1.89. The first-order valence-corrected chi connectivity index (χ1v) is 6.35. The van der Waals surface area contributed by atoms with Gasteiger partial charge in [-0.05, 0) is 38.1 Å². The number of hydrogen-bond acceptors (Lipinski definition) is 2. The van der Waals surface area contributed by atoms with Gasteiger partial charge in [0.1, 0.15) is 5.88 Å². The molecule has 17 heavy (non-hydrogen) atoms. The van der Waals surface area contributed by atoms with Gasteiger partial charge in [-0.2, -0.15) is 0 Å². The molecule has 0 saturated heterocycles. The lowest BCUT2D eigenvalue weighted by atomic mass is 10.2. The van der Waals surface area contributed by atoms with Crippen molar-refractivity contribution in [3.05, 3.63) is 24.3 Å². The van der Waals surface area contributed by atoms with Crippen LogP contribution in [0.15, 0.2) is 24.3 Å². The van der Waals surface area contributed by atoms with Crippen LogP contribution in [0.1, 0.15) is 13.8 Å². The maximum Gasteiger partial charge on any atom is 0.241 e. The van der Waals surface area contributed by atoms with Gasteiger partial charge in [0.2, 0.25) is 5.91 Å². The van der Waals surface area contributed by atoms with E-state index in [0.717, 1.165) is 18.8 Å². The smallest absolute Gasteiger partial charge is 0.241 e. The average Bonchev–Trinajstić information content (AvgIpc) is 2.39. The predicted molar refractivity (Wildman–Crippen MR) is 74.1 cm³/mol. The van der Waals surface area contributed by atoms with Crippen LogP contribution < -0.4 is 9.80 Å². The number of alkyl halides is 1. The first-order chi connectivity index (χ1) is 8.13. The minimum atomic E-state index is -0.0951. The Morgan fingerprint density at radius 1 is 1.12 bits per heavy atom. The van der Waals surface area contributed by atoms with Crippen molar-refractivity contribution in [3.63, 3.8) is 0 Å². The average molecular weight is 255 g/mol. The summed E-state index contributed by atoms with van der Waals surface area (Å²) in [6.45, 7) is 6.21. The Morgan fingerprint density at radius 2 is 1.59 bits per heavy atom. The molecule has 1 rings (SSSR count). The van der Waals surface area contributed by atoms with Crippen molar-refractivity contribution < 1.29 is 4.79 Å². The van der Waals surface area contributed by atoms with Crippen LogP contribution in [0.4, 0.5) is 11.4 Å². The van der Waals surface area contributed by atoms with Crippen LogP contribution in [0.2, 0.25) is 0 Å². The Kier molecular flexibility index (Phi) is 5.29. The van der Waals surface area contributed by atoms with E-state index >= 15 is 0 Å². The van der Waals surface area contributed by atoms with Crippen molar-refractivity contribution in [3.8, 4) is 0 Å². The molecule has 0 atom stereocenters. The highest BCUT2D eigenvalue weighted by Gasteiger charge is 2.09. The molecule has 3 nitrogen and oxygen atoms in total. The molecule has 94 valence electrons. The topological polar surface area (TPSA) is 23.6 Å². The van der Waals surface area contributed by atoms with Gasteiger partial charge in [0.15, 0.2) is 0 Å². The third-order valence-electron chi connectivity index (χ3n) is 2.85. The standard InChI is InChI=1S/C13H19ClN2O/c1-4-16(5-2)12-8-6-11(7-9-12)15(3)13(17)10-14/h6-9H,4-5,10H2,1-3H3. The van der Waals surface area contributed by atoms with Crippen LogP contribution in [0.5, 0.6) is 0 Å². The van der Waals surface area contributed by atoms with Crippen LogP contribution in [-0.2, 0) is 4.79 Å². The largest absolute Gasteiger partial charge is 0.372 e. The summed E-state index contributed by atoms with van der Waals surface area (Å²) in [5.41, 5.74) is 2.04. The van der Waals surface area contributed by atoms with Gasteiger partial charge >= 0.3 is 0 Å². The van der Waals surface area contributed by atoms with Crippen molar-refractivity contribution in [2.45, 2.75) is 13.8 Å². The van der Waals surface area contributed by atoms with E-state index in [1.165, 1.54) is 5.69 Å². The number of anilines is 2. The molecule has 0 saturated carbocycles. The third-order valence-corrected chi connectivity index (χ3v) is 3.08. The second-order valence-electron chi connectivity index (χ2n) is 3.78. The number of rotatable bonds is 5.